The molecule has 0 aliphatic rings. The first-order valence-electron chi connectivity index (χ1n) is 8.02. The van der Waals surface area contributed by atoms with Gasteiger partial charge < -0.3 is 14.6 Å². The number of methoxy groups -OCH3 is 1. The van der Waals surface area contributed by atoms with Gasteiger partial charge in [0, 0.05) is 5.56 Å². The van der Waals surface area contributed by atoms with Gasteiger partial charge in [0.2, 0.25) is 0 Å². The van der Waals surface area contributed by atoms with Crippen molar-refractivity contribution >= 4 is 10.9 Å². The molecular formula is C19H22N3O2+. The van der Waals surface area contributed by atoms with Crippen LogP contribution in [0.3, 0.4) is 0 Å². The van der Waals surface area contributed by atoms with E-state index in [-0.39, 0.29) is 11.6 Å². The van der Waals surface area contributed by atoms with Gasteiger partial charge in [0.25, 0.3) is 5.56 Å². The standard InChI is InChI=1S/C19H21N3O2/c1-13(22(2)12-14-7-6-8-15(11-14)24-3)18-20-17-10-5-4-9-16(17)19(23)21-18/h4-11,13H,12H2,1-3H3,(H,20,21,23)/p+1/t13-/m1/s1. The molecule has 0 amide bonds. The van der Waals surface area contributed by atoms with Crippen LogP contribution in [0, 0.1) is 0 Å². The van der Waals surface area contributed by atoms with Gasteiger partial charge in [-0.3, -0.25) is 4.79 Å². The number of hydrogen-bond acceptors (Lipinski definition) is 3. The summed E-state index contributed by atoms with van der Waals surface area (Å²) in [4.78, 5) is 21.0. The second kappa shape index (κ2) is 6.84. The van der Waals surface area contributed by atoms with Crippen LogP contribution in [0.25, 0.3) is 10.9 Å². The Kier molecular flexibility index (Phi) is 4.62. The number of quaternary nitrogens is 1. The lowest BCUT2D eigenvalue weighted by Gasteiger charge is -2.21. The monoisotopic (exact) mass is 324 g/mol. The Morgan fingerprint density at radius 2 is 2.00 bits per heavy atom. The topological polar surface area (TPSA) is 59.4 Å². The highest BCUT2D eigenvalue weighted by Crippen LogP contribution is 2.13. The first kappa shape index (κ1) is 16.2. The number of fused-ring (bicyclic) bond motifs is 1. The number of H-pyrrole nitrogens is 1. The SMILES string of the molecule is COc1cccc(C[NH+](C)[C@H](C)c2nc3ccccc3c(=O)[nH]2)c1. The number of benzene rings is 2. The zero-order valence-electron chi connectivity index (χ0n) is 14.2. The minimum Gasteiger partial charge on any atom is -0.497 e. The first-order chi connectivity index (χ1) is 11.6. The Morgan fingerprint density at radius 1 is 1.21 bits per heavy atom. The van der Waals surface area contributed by atoms with Crippen LogP contribution in [0.5, 0.6) is 5.75 Å². The van der Waals surface area contributed by atoms with Crippen molar-refractivity contribution in [3.63, 3.8) is 0 Å². The fourth-order valence-electron chi connectivity index (χ4n) is 2.80. The van der Waals surface area contributed by atoms with Crippen LogP contribution in [0.1, 0.15) is 24.4 Å². The molecule has 0 fully saturated rings. The quantitative estimate of drug-likeness (QED) is 0.751. The van der Waals surface area contributed by atoms with E-state index in [9.17, 15) is 4.79 Å². The fourth-order valence-corrected chi connectivity index (χ4v) is 2.80. The second-order valence-corrected chi connectivity index (χ2v) is 6.06. The van der Waals surface area contributed by atoms with Gasteiger partial charge in [0.1, 0.15) is 18.3 Å². The van der Waals surface area contributed by atoms with Gasteiger partial charge in [-0.1, -0.05) is 24.3 Å². The number of hydrogen-bond donors (Lipinski definition) is 2. The number of ether oxygens (including phenoxy) is 1. The Bertz CT molecular complexity index is 904. The predicted octanol–water partition coefficient (Wildman–Crippen LogP) is 1.71. The highest BCUT2D eigenvalue weighted by Gasteiger charge is 2.19. The van der Waals surface area contributed by atoms with E-state index >= 15 is 0 Å². The van der Waals surface area contributed by atoms with Crippen molar-refractivity contribution < 1.29 is 9.64 Å². The van der Waals surface area contributed by atoms with E-state index in [1.54, 1.807) is 13.2 Å². The number of aromatic amines is 1. The molecule has 3 rings (SSSR count). The lowest BCUT2D eigenvalue weighted by molar-refractivity contribution is -0.924. The minimum absolute atomic E-state index is 0.0634. The lowest BCUT2D eigenvalue weighted by atomic mass is 10.1. The molecule has 2 aromatic carbocycles. The summed E-state index contributed by atoms with van der Waals surface area (Å²) in [5.74, 6) is 1.56. The van der Waals surface area contributed by atoms with Gasteiger partial charge in [-0.05, 0) is 31.2 Å². The highest BCUT2D eigenvalue weighted by molar-refractivity contribution is 5.77. The molecular weight excluding hydrogens is 302 g/mol. The lowest BCUT2D eigenvalue weighted by Crippen LogP contribution is -3.07. The smallest absolute Gasteiger partial charge is 0.258 e. The maximum atomic E-state index is 12.2. The summed E-state index contributed by atoms with van der Waals surface area (Å²) in [7, 11) is 3.77. The van der Waals surface area contributed by atoms with E-state index in [4.69, 9.17) is 4.74 Å². The summed E-state index contributed by atoms with van der Waals surface area (Å²) in [5.41, 5.74) is 1.83. The third-order valence-electron chi connectivity index (χ3n) is 4.40. The second-order valence-electron chi connectivity index (χ2n) is 6.06. The van der Waals surface area contributed by atoms with E-state index in [2.05, 4.69) is 30.0 Å². The summed E-state index contributed by atoms with van der Waals surface area (Å²) < 4.78 is 5.28. The molecule has 0 saturated carbocycles. The number of nitrogens with zero attached hydrogens (tertiary/aromatic N) is 1. The molecule has 3 aromatic rings. The van der Waals surface area contributed by atoms with Gasteiger partial charge in [-0.15, -0.1) is 0 Å². The summed E-state index contributed by atoms with van der Waals surface area (Å²) in [6.45, 7) is 2.89. The van der Waals surface area contributed by atoms with Crippen molar-refractivity contribution in [2.45, 2.75) is 19.5 Å². The highest BCUT2D eigenvalue weighted by atomic mass is 16.5. The van der Waals surface area contributed by atoms with Gasteiger partial charge >= 0.3 is 0 Å². The van der Waals surface area contributed by atoms with E-state index in [0.29, 0.717) is 11.2 Å². The van der Waals surface area contributed by atoms with Crippen LogP contribution in [-0.4, -0.2) is 24.1 Å². The van der Waals surface area contributed by atoms with Crippen molar-refractivity contribution in [1.29, 1.82) is 0 Å². The van der Waals surface area contributed by atoms with Crippen LogP contribution >= 0.6 is 0 Å². The Hall–Kier alpha value is -2.66. The summed E-state index contributed by atoms with van der Waals surface area (Å²) in [6, 6.07) is 15.5. The van der Waals surface area contributed by atoms with Crippen molar-refractivity contribution in [3.8, 4) is 5.75 Å². The van der Waals surface area contributed by atoms with E-state index < -0.39 is 0 Å². The molecule has 0 aliphatic heterocycles. The summed E-state index contributed by atoms with van der Waals surface area (Å²) in [6.07, 6.45) is 0. The molecule has 2 N–H and O–H groups in total. The molecule has 0 spiro atoms. The van der Waals surface area contributed by atoms with Gasteiger partial charge in [0.05, 0.1) is 25.1 Å². The molecule has 0 radical (unpaired) electrons. The van der Waals surface area contributed by atoms with E-state index in [1.165, 1.54) is 10.5 Å². The summed E-state index contributed by atoms with van der Waals surface area (Å²) >= 11 is 0. The Labute approximate surface area is 140 Å². The molecule has 1 aromatic heterocycles. The molecule has 0 aliphatic carbocycles. The van der Waals surface area contributed by atoms with Crippen molar-refractivity contribution in [2.24, 2.45) is 0 Å². The molecule has 1 heterocycles. The number of rotatable bonds is 5. The molecule has 1 unspecified atom stereocenters. The maximum Gasteiger partial charge on any atom is 0.258 e. The minimum atomic E-state index is -0.0865. The largest absolute Gasteiger partial charge is 0.497 e. The van der Waals surface area contributed by atoms with Gasteiger partial charge in [-0.2, -0.15) is 0 Å². The van der Waals surface area contributed by atoms with Gasteiger partial charge in [-0.25, -0.2) is 4.98 Å². The van der Waals surface area contributed by atoms with Crippen molar-refractivity contribution in [1.82, 2.24) is 9.97 Å². The van der Waals surface area contributed by atoms with E-state index in [0.717, 1.165) is 17.8 Å². The average Bonchev–Trinajstić information content (AvgIpc) is 2.61. The molecule has 0 saturated heterocycles. The maximum absolute atomic E-state index is 12.2. The molecule has 2 atom stereocenters. The average molecular weight is 324 g/mol. The normalized spacial score (nSPS) is 13.6. The zero-order valence-corrected chi connectivity index (χ0v) is 14.2. The van der Waals surface area contributed by atoms with Crippen LogP contribution in [0.2, 0.25) is 0 Å². The summed E-state index contributed by atoms with van der Waals surface area (Å²) in [5, 5.41) is 0.624. The molecule has 24 heavy (non-hydrogen) atoms. The van der Waals surface area contributed by atoms with Crippen LogP contribution in [0.15, 0.2) is 53.3 Å². The molecule has 124 valence electrons. The van der Waals surface area contributed by atoms with Crippen LogP contribution in [0.4, 0.5) is 0 Å². The van der Waals surface area contributed by atoms with Crippen molar-refractivity contribution in [2.75, 3.05) is 14.2 Å². The predicted molar refractivity (Wildman–Crippen MR) is 94.4 cm³/mol. The zero-order chi connectivity index (χ0) is 17.1. The van der Waals surface area contributed by atoms with Crippen LogP contribution < -0.4 is 15.2 Å². The molecule has 5 heteroatoms. The van der Waals surface area contributed by atoms with E-state index in [1.807, 2.05) is 36.4 Å². The molecule has 0 bridgehead atoms. The number of para-hydroxylation sites is 1. The van der Waals surface area contributed by atoms with Crippen LogP contribution in [-0.2, 0) is 6.54 Å². The number of aromatic nitrogens is 2. The Morgan fingerprint density at radius 3 is 2.79 bits per heavy atom. The first-order valence-corrected chi connectivity index (χ1v) is 8.02. The number of nitrogens with one attached hydrogen (secondary N) is 2. The van der Waals surface area contributed by atoms with Gasteiger partial charge in [0.15, 0.2) is 5.82 Å². The third-order valence-corrected chi connectivity index (χ3v) is 4.40. The Balaban J connectivity index is 1.85. The fraction of sp³-hybridized carbons (Fsp3) is 0.263. The third kappa shape index (κ3) is 3.31. The van der Waals surface area contributed by atoms with Crippen molar-refractivity contribution in [3.05, 3.63) is 70.3 Å². The molecule has 5 nitrogen and oxygen atoms in total.